The molecule has 0 saturated carbocycles. The summed E-state index contributed by atoms with van der Waals surface area (Å²) in [6.07, 6.45) is 3.08. The van der Waals surface area contributed by atoms with E-state index in [0.29, 0.717) is 12.6 Å². The number of likely N-dealkylation sites (tertiary alicyclic amines) is 1. The minimum atomic E-state index is 0.0254. The van der Waals surface area contributed by atoms with Gasteiger partial charge in [0.1, 0.15) is 0 Å². The van der Waals surface area contributed by atoms with Crippen LogP contribution in [0.2, 0.25) is 0 Å². The Labute approximate surface area is 170 Å². The zero-order chi connectivity index (χ0) is 20.1. The third-order valence-corrected chi connectivity index (χ3v) is 6.12. The summed E-state index contributed by atoms with van der Waals surface area (Å²) in [5.41, 5.74) is 1.99. The summed E-state index contributed by atoms with van der Waals surface area (Å²) in [6.45, 7) is 14.6. The summed E-state index contributed by atoms with van der Waals surface area (Å²) in [7, 11) is 0. The number of hydrogen-bond donors (Lipinski definition) is 1. The van der Waals surface area contributed by atoms with Crippen molar-refractivity contribution < 1.29 is 9.53 Å². The second-order valence-corrected chi connectivity index (χ2v) is 8.93. The molecule has 5 nitrogen and oxygen atoms in total. The Morgan fingerprint density at radius 1 is 1.11 bits per heavy atom. The van der Waals surface area contributed by atoms with Gasteiger partial charge >= 0.3 is 0 Å². The van der Waals surface area contributed by atoms with Gasteiger partial charge in [0.2, 0.25) is 0 Å². The fourth-order valence-corrected chi connectivity index (χ4v) is 4.37. The number of nitrogens with zero attached hydrogens (tertiary/aromatic N) is 2. The third-order valence-electron chi connectivity index (χ3n) is 6.12. The molecule has 2 fully saturated rings. The van der Waals surface area contributed by atoms with Crippen molar-refractivity contribution in [1.29, 1.82) is 0 Å². The van der Waals surface area contributed by atoms with Crippen molar-refractivity contribution in [3.63, 3.8) is 0 Å². The molecule has 0 aliphatic carbocycles. The van der Waals surface area contributed by atoms with Gasteiger partial charge in [-0.2, -0.15) is 0 Å². The van der Waals surface area contributed by atoms with Gasteiger partial charge in [0.25, 0.3) is 5.91 Å². The van der Waals surface area contributed by atoms with Gasteiger partial charge in [-0.05, 0) is 70.3 Å². The molecular weight excluding hydrogens is 350 g/mol. The number of nitrogens with one attached hydrogen (secondary N) is 1. The fraction of sp³-hybridized carbons (Fsp3) is 0.696. The summed E-state index contributed by atoms with van der Waals surface area (Å²) in [6, 6.07) is 8.45. The molecule has 1 amide bonds. The van der Waals surface area contributed by atoms with E-state index in [-0.39, 0.29) is 18.1 Å². The van der Waals surface area contributed by atoms with Gasteiger partial charge in [-0.15, -0.1) is 0 Å². The van der Waals surface area contributed by atoms with E-state index in [9.17, 15) is 4.79 Å². The lowest BCUT2D eigenvalue weighted by molar-refractivity contribution is -0.0704. The van der Waals surface area contributed by atoms with Crippen LogP contribution in [0.1, 0.15) is 56.5 Å². The Morgan fingerprint density at radius 2 is 1.71 bits per heavy atom. The Hall–Kier alpha value is -1.43. The molecule has 156 valence electrons. The molecule has 1 aromatic rings. The SMILES string of the molecule is CC1CCN(C(C)CNC(=O)c2ccc(CN3CC(C)OC(C)C3)cc2)CC1. The van der Waals surface area contributed by atoms with Crippen LogP contribution >= 0.6 is 0 Å². The largest absolute Gasteiger partial charge is 0.373 e. The standard InChI is InChI=1S/C23H37N3O2/c1-17-9-11-26(12-10-17)18(2)13-24-23(27)22-7-5-21(6-8-22)16-25-14-19(3)28-20(4)15-25/h5-8,17-20H,9-16H2,1-4H3,(H,24,27). The molecule has 1 N–H and O–H groups in total. The quantitative estimate of drug-likeness (QED) is 0.814. The Morgan fingerprint density at radius 3 is 2.32 bits per heavy atom. The lowest BCUT2D eigenvalue weighted by Crippen LogP contribution is -2.45. The molecule has 1 aromatic carbocycles. The van der Waals surface area contributed by atoms with E-state index in [4.69, 9.17) is 4.74 Å². The smallest absolute Gasteiger partial charge is 0.251 e. The number of hydrogen-bond acceptors (Lipinski definition) is 4. The van der Waals surface area contributed by atoms with Crippen LogP contribution in [-0.2, 0) is 11.3 Å². The van der Waals surface area contributed by atoms with Crippen molar-refractivity contribution in [2.24, 2.45) is 5.92 Å². The van der Waals surface area contributed by atoms with Crippen LogP contribution in [0.4, 0.5) is 0 Å². The maximum atomic E-state index is 12.5. The Balaban J connectivity index is 1.45. The van der Waals surface area contributed by atoms with Crippen LogP contribution in [0.25, 0.3) is 0 Å². The van der Waals surface area contributed by atoms with Gasteiger partial charge < -0.3 is 10.1 Å². The van der Waals surface area contributed by atoms with Crippen LogP contribution in [0.3, 0.4) is 0 Å². The second-order valence-electron chi connectivity index (χ2n) is 8.93. The van der Waals surface area contributed by atoms with Crippen LogP contribution in [-0.4, -0.2) is 66.7 Å². The van der Waals surface area contributed by atoms with E-state index in [2.05, 4.69) is 54.9 Å². The highest BCUT2D eigenvalue weighted by molar-refractivity contribution is 5.94. The molecule has 3 rings (SSSR count). The average molecular weight is 388 g/mol. The summed E-state index contributed by atoms with van der Waals surface area (Å²) in [4.78, 5) is 17.4. The highest BCUT2D eigenvalue weighted by Gasteiger charge is 2.22. The van der Waals surface area contributed by atoms with Crippen molar-refractivity contribution in [3.8, 4) is 0 Å². The molecule has 2 aliphatic heterocycles. The minimum Gasteiger partial charge on any atom is -0.373 e. The molecule has 2 heterocycles. The first-order valence-electron chi connectivity index (χ1n) is 10.9. The second kappa shape index (κ2) is 9.86. The highest BCUT2D eigenvalue weighted by atomic mass is 16.5. The number of rotatable bonds is 6. The zero-order valence-corrected chi connectivity index (χ0v) is 18.0. The molecule has 28 heavy (non-hydrogen) atoms. The van der Waals surface area contributed by atoms with Crippen molar-refractivity contribution in [1.82, 2.24) is 15.1 Å². The first kappa shape index (κ1) is 21.3. The number of ether oxygens (including phenoxy) is 1. The number of carbonyl (C=O) groups is 1. The van der Waals surface area contributed by atoms with Gasteiger partial charge in [-0.1, -0.05) is 19.1 Å². The molecule has 0 radical (unpaired) electrons. The maximum absolute atomic E-state index is 12.5. The minimum absolute atomic E-state index is 0.0254. The number of morpholine rings is 1. The van der Waals surface area contributed by atoms with Crippen LogP contribution in [0, 0.1) is 5.92 Å². The first-order valence-corrected chi connectivity index (χ1v) is 10.9. The number of benzene rings is 1. The van der Waals surface area contributed by atoms with Crippen molar-refractivity contribution in [2.75, 3.05) is 32.7 Å². The molecule has 2 saturated heterocycles. The normalized spacial score (nSPS) is 26.1. The highest BCUT2D eigenvalue weighted by Crippen LogP contribution is 2.18. The Kier molecular flexibility index (Phi) is 7.49. The van der Waals surface area contributed by atoms with Gasteiger partial charge in [-0.25, -0.2) is 0 Å². The van der Waals surface area contributed by atoms with E-state index in [0.717, 1.165) is 44.2 Å². The lowest BCUT2D eigenvalue weighted by atomic mass is 9.98. The van der Waals surface area contributed by atoms with Crippen molar-refractivity contribution in [2.45, 2.75) is 65.3 Å². The van der Waals surface area contributed by atoms with E-state index < -0.39 is 0 Å². The zero-order valence-electron chi connectivity index (χ0n) is 18.0. The van der Waals surface area contributed by atoms with Crippen LogP contribution in [0.15, 0.2) is 24.3 Å². The predicted molar refractivity (Wildman–Crippen MR) is 113 cm³/mol. The molecule has 3 unspecified atom stereocenters. The molecule has 3 atom stereocenters. The molecule has 0 aromatic heterocycles. The fourth-order valence-electron chi connectivity index (χ4n) is 4.37. The Bertz CT molecular complexity index is 615. The van der Waals surface area contributed by atoms with E-state index in [1.54, 1.807) is 0 Å². The molecular formula is C23H37N3O2. The predicted octanol–water partition coefficient (Wildman–Crippen LogP) is 3.15. The summed E-state index contributed by atoms with van der Waals surface area (Å²) < 4.78 is 5.80. The monoisotopic (exact) mass is 387 g/mol. The van der Waals surface area contributed by atoms with Gasteiger partial charge in [0.15, 0.2) is 0 Å². The third kappa shape index (κ3) is 6.03. The number of amides is 1. The molecule has 0 spiro atoms. The number of piperidine rings is 1. The van der Waals surface area contributed by atoms with E-state index >= 15 is 0 Å². The van der Waals surface area contributed by atoms with E-state index in [1.165, 1.54) is 18.4 Å². The lowest BCUT2D eigenvalue weighted by Gasteiger charge is -2.35. The number of carbonyl (C=O) groups excluding carboxylic acids is 1. The topological polar surface area (TPSA) is 44.8 Å². The van der Waals surface area contributed by atoms with Gasteiger partial charge in [0, 0.05) is 37.8 Å². The summed E-state index contributed by atoms with van der Waals surface area (Å²) in [5, 5.41) is 3.11. The van der Waals surface area contributed by atoms with Crippen LogP contribution in [0.5, 0.6) is 0 Å². The van der Waals surface area contributed by atoms with Gasteiger partial charge in [0.05, 0.1) is 12.2 Å². The van der Waals surface area contributed by atoms with Gasteiger partial charge in [-0.3, -0.25) is 14.6 Å². The van der Waals surface area contributed by atoms with Crippen molar-refractivity contribution >= 4 is 5.91 Å². The van der Waals surface area contributed by atoms with E-state index in [1.807, 2.05) is 12.1 Å². The van der Waals surface area contributed by atoms with Crippen LogP contribution < -0.4 is 5.32 Å². The first-order chi connectivity index (χ1) is 13.4. The molecule has 2 aliphatic rings. The summed E-state index contributed by atoms with van der Waals surface area (Å²) >= 11 is 0. The maximum Gasteiger partial charge on any atom is 0.251 e. The molecule has 5 heteroatoms. The van der Waals surface area contributed by atoms with Crippen molar-refractivity contribution in [3.05, 3.63) is 35.4 Å². The average Bonchev–Trinajstić information content (AvgIpc) is 2.66. The summed E-state index contributed by atoms with van der Waals surface area (Å²) in [5.74, 6) is 0.859. The molecule has 0 bridgehead atoms.